The Morgan fingerprint density at radius 2 is 2.57 bits per heavy atom. The summed E-state index contributed by atoms with van der Waals surface area (Å²) >= 11 is 0. The molecule has 0 aromatic rings. The Morgan fingerprint density at radius 1 is 2.00 bits per heavy atom. The molecule has 7 heavy (non-hydrogen) atoms. The Morgan fingerprint density at radius 3 is 2.71 bits per heavy atom. The number of hydrogen-bond acceptors (Lipinski definition) is 2. The quantitative estimate of drug-likeness (QED) is 0.359. The van der Waals surface area contributed by atoms with E-state index in [9.17, 15) is 4.79 Å². The number of hydrogen-bond donors (Lipinski definition) is 0. The Hall–Kier alpha value is -0.790. The zero-order chi connectivity index (χ0) is 6.57. The van der Waals surface area contributed by atoms with Crippen molar-refractivity contribution in [2.75, 3.05) is 7.11 Å². The van der Waals surface area contributed by atoms with Crippen molar-refractivity contribution in [3.63, 3.8) is 0 Å². The second-order valence-electron chi connectivity index (χ2n) is 1.10. The Kier molecular flexibility index (Phi) is 1.50. The minimum Gasteiger partial charge on any atom is -0.466 e. The van der Waals surface area contributed by atoms with Gasteiger partial charge in [-0.25, -0.2) is 4.79 Å². The molecule has 0 aliphatic carbocycles. The van der Waals surface area contributed by atoms with Crippen molar-refractivity contribution in [3.8, 4) is 0 Å². The third-order valence-corrected chi connectivity index (χ3v) is 0.474. The first-order valence-corrected chi connectivity index (χ1v) is 1.77. The number of carbonyl (C=O) groups is 1. The smallest absolute Gasteiger partial charge is 0.332 e. The molecule has 0 aromatic carbocycles. The van der Waals surface area contributed by atoms with E-state index in [1.165, 1.54) is 7.11 Å². The lowest BCUT2D eigenvalue weighted by molar-refractivity contribution is -0.135. The van der Waals surface area contributed by atoms with E-state index in [4.69, 9.17) is 1.37 Å². The van der Waals surface area contributed by atoms with E-state index in [1.54, 1.807) is 0 Å². The highest BCUT2D eigenvalue weighted by molar-refractivity contribution is 5.86. The van der Waals surface area contributed by atoms with Gasteiger partial charge in [0.25, 0.3) is 0 Å². The van der Waals surface area contributed by atoms with Gasteiger partial charge >= 0.3 is 5.97 Å². The molecule has 0 bridgehead atoms. The minimum atomic E-state index is -0.500. The number of ether oxygens (including phenoxy) is 1. The molecule has 0 heterocycles. The fourth-order valence-electron chi connectivity index (χ4n) is 0.144. The van der Waals surface area contributed by atoms with Crippen LogP contribution in [0.5, 0.6) is 0 Å². The number of methoxy groups -OCH3 is 1. The summed E-state index contributed by atoms with van der Waals surface area (Å²) in [6, 6.07) is 0. The van der Waals surface area contributed by atoms with Gasteiger partial charge in [0.15, 0.2) is 0 Å². The van der Waals surface area contributed by atoms with Crippen molar-refractivity contribution < 1.29 is 10.9 Å². The van der Waals surface area contributed by atoms with Crippen molar-refractivity contribution in [2.24, 2.45) is 0 Å². The summed E-state index contributed by atoms with van der Waals surface area (Å²) in [6.07, 6.45) is 0. The van der Waals surface area contributed by atoms with E-state index < -0.39 is 5.97 Å². The molecule has 0 aliphatic rings. The predicted octanol–water partition coefficient (Wildman–Crippen LogP) is 0.736. The molecule has 2 heteroatoms. The SMILES string of the molecule is [2H]CC(=C)C(=O)OC. The zero-order valence-corrected chi connectivity index (χ0v) is 4.23. The molecule has 0 spiro atoms. The Bertz CT molecular complexity index is 95.0. The van der Waals surface area contributed by atoms with E-state index in [2.05, 4.69) is 11.3 Å². The number of rotatable bonds is 1. The van der Waals surface area contributed by atoms with Crippen LogP contribution in [0, 0.1) is 0 Å². The first-order chi connectivity index (χ1) is 3.72. The molecule has 0 fully saturated rings. The molecule has 0 radical (unpaired) electrons. The van der Waals surface area contributed by atoms with Gasteiger partial charge in [-0.15, -0.1) is 0 Å². The fourth-order valence-corrected chi connectivity index (χ4v) is 0.144. The van der Waals surface area contributed by atoms with E-state index >= 15 is 0 Å². The van der Waals surface area contributed by atoms with Gasteiger partial charge in [0.05, 0.1) is 7.11 Å². The minimum absolute atomic E-state index is 0.0906. The third-order valence-electron chi connectivity index (χ3n) is 0.474. The normalized spacial score (nSPS) is 9.57. The number of esters is 1. The van der Waals surface area contributed by atoms with Crippen LogP contribution in [0.1, 0.15) is 8.27 Å². The molecule has 0 rings (SSSR count). The Balaban J connectivity index is 3.64. The molecule has 0 aromatic heterocycles. The topological polar surface area (TPSA) is 26.3 Å². The van der Waals surface area contributed by atoms with Gasteiger partial charge in [-0.05, 0) is 6.90 Å². The molecular formula is C5H8O2. The van der Waals surface area contributed by atoms with E-state index in [0.29, 0.717) is 0 Å². The van der Waals surface area contributed by atoms with Gasteiger partial charge in [-0.3, -0.25) is 0 Å². The van der Waals surface area contributed by atoms with Gasteiger partial charge in [0.1, 0.15) is 0 Å². The van der Waals surface area contributed by atoms with Crippen LogP contribution in [0.4, 0.5) is 0 Å². The lowest BCUT2D eigenvalue weighted by Gasteiger charge is -1.91. The zero-order valence-electron chi connectivity index (χ0n) is 5.23. The summed E-state index contributed by atoms with van der Waals surface area (Å²) in [7, 11) is 1.27. The molecule has 40 valence electrons. The summed E-state index contributed by atoms with van der Waals surface area (Å²) in [5.41, 5.74) is 0.188. The Labute approximate surface area is 44.2 Å². The lowest BCUT2D eigenvalue weighted by Crippen LogP contribution is -1.98. The maximum absolute atomic E-state index is 10.3. The lowest BCUT2D eigenvalue weighted by atomic mass is 10.4. The van der Waals surface area contributed by atoms with Gasteiger partial charge in [-0.1, -0.05) is 6.58 Å². The molecule has 0 unspecified atom stereocenters. The van der Waals surface area contributed by atoms with Crippen molar-refractivity contribution in [1.29, 1.82) is 0 Å². The van der Waals surface area contributed by atoms with Crippen LogP contribution in [-0.2, 0) is 9.53 Å². The van der Waals surface area contributed by atoms with Crippen LogP contribution < -0.4 is 0 Å². The summed E-state index contributed by atoms with van der Waals surface area (Å²) in [6.45, 7) is 3.19. The van der Waals surface area contributed by atoms with Gasteiger partial charge in [0, 0.05) is 6.94 Å². The standard InChI is InChI=1S/C5H8O2/c1-4(2)5(6)7-3/h1H2,2-3H3/i2D. The van der Waals surface area contributed by atoms with Crippen molar-refractivity contribution >= 4 is 5.97 Å². The monoisotopic (exact) mass is 101 g/mol. The number of carbonyl (C=O) groups excluding carboxylic acids is 1. The summed E-state index contributed by atoms with van der Waals surface area (Å²) in [5, 5.41) is 0. The highest BCUT2D eigenvalue weighted by Gasteiger charge is 1.95. The molecule has 0 aliphatic heterocycles. The van der Waals surface area contributed by atoms with E-state index in [-0.39, 0.29) is 12.5 Å². The molecule has 0 amide bonds. The van der Waals surface area contributed by atoms with Crippen LogP contribution >= 0.6 is 0 Å². The van der Waals surface area contributed by atoms with Crippen molar-refractivity contribution in [3.05, 3.63) is 12.2 Å². The first kappa shape index (κ1) is 4.37. The van der Waals surface area contributed by atoms with Crippen molar-refractivity contribution in [1.82, 2.24) is 0 Å². The fraction of sp³-hybridized carbons (Fsp3) is 0.400. The van der Waals surface area contributed by atoms with Crippen LogP contribution in [0.15, 0.2) is 12.2 Å². The summed E-state index contributed by atoms with van der Waals surface area (Å²) in [4.78, 5) is 10.3. The van der Waals surface area contributed by atoms with Crippen LogP contribution in [0.25, 0.3) is 0 Å². The van der Waals surface area contributed by atoms with Crippen LogP contribution in [-0.4, -0.2) is 13.1 Å². The average Bonchev–Trinajstić information content (AvgIpc) is 1.84. The molecule has 0 N–H and O–H groups in total. The third kappa shape index (κ3) is 1.98. The van der Waals surface area contributed by atoms with Crippen molar-refractivity contribution in [2.45, 2.75) is 6.90 Å². The van der Waals surface area contributed by atoms with Crippen LogP contribution in [0.3, 0.4) is 0 Å². The highest BCUT2D eigenvalue weighted by Crippen LogP contribution is 1.87. The summed E-state index contributed by atoms with van der Waals surface area (Å²) in [5.74, 6) is -0.500. The average molecular weight is 101 g/mol. The highest BCUT2D eigenvalue weighted by atomic mass is 16.5. The maximum atomic E-state index is 10.3. The predicted molar refractivity (Wildman–Crippen MR) is 26.8 cm³/mol. The first-order valence-electron chi connectivity index (χ1n) is 2.48. The van der Waals surface area contributed by atoms with Gasteiger partial charge in [0.2, 0.25) is 0 Å². The van der Waals surface area contributed by atoms with E-state index in [0.717, 1.165) is 0 Å². The molecule has 2 nitrogen and oxygen atoms in total. The molecule has 0 saturated carbocycles. The second kappa shape index (κ2) is 2.39. The van der Waals surface area contributed by atoms with Crippen LogP contribution in [0.2, 0.25) is 0 Å². The van der Waals surface area contributed by atoms with Gasteiger partial charge in [-0.2, -0.15) is 0 Å². The van der Waals surface area contributed by atoms with E-state index in [1.807, 2.05) is 0 Å². The largest absolute Gasteiger partial charge is 0.466 e. The second-order valence-corrected chi connectivity index (χ2v) is 1.10. The van der Waals surface area contributed by atoms with Gasteiger partial charge < -0.3 is 4.74 Å². The molecule has 0 saturated heterocycles. The molecular weight excluding hydrogens is 92.1 g/mol. The maximum Gasteiger partial charge on any atom is 0.332 e. The molecule has 0 atom stereocenters. The summed E-state index contributed by atoms with van der Waals surface area (Å²) < 4.78 is 10.9.